The molecule has 0 aliphatic heterocycles. The molecule has 0 amide bonds. The van der Waals surface area contributed by atoms with Crippen molar-refractivity contribution in [3.63, 3.8) is 0 Å². The van der Waals surface area contributed by atoms with Crippen LogP contribution >= 0.6 is 0 Å². The van der Waals surface area contributed by atoms with Gasteiger partial charge in [0.05, 0.1) is 20.8 Å². The van der Waals surface area contributed by atoms with E-state index in [2.05, 4.69) is 0 Å². The van der Waals surface area contributed by atoms with Crippen molar-refractivity contribution < 1.29 is 24.1 Å². The van der Waals surface area contributed by atoms with Gasteiger partial charge >= 0.3 is 0 Å². The Bertz CT molecular complexity index is 374. The number of aliphatic hydroxyl groups is 1. The minimum atomic E-state index is -0.368. The Balaban J connectivity index is 3.13. The predicted octanol–water partition coefficient (Wildman–Crippen LogP) is 1.36. The predicted molar refractivity (Wildman–Crippen MR) is 67.0 cm³/mol. The molecule has 5 nitrogen and oxygen atoms in total. The molecule has 0 aromatic heterocycles. The third kappa shape index (κ3) is 3.35. The maximum Gasteiger partial charge on any atom is 0.160 e. The Morgan fingerprint density at radius 1 is 1.06 bits per heavy atom. The van der Waals surface area contributed by atoms with Crippen molar-refractivity contribution in [1.29, 1.82) is 0 Å². The maximum absolute atomic E-state index is 9.45. The van der Waals surface area contributed by atoms with E-state index in [9.17, 15) is 5.11 Å². The molecular formula is C13H20O5. The second-order valence-electron chi connectivity index (χ2n) is 3.73. The van der Waals surface area contributed by atoms with Gasteiger partial charge in [-0.3, -0.25) is 0 Å². The highest BCUT2D eigenvalue weighted by molar-refractivity contribution is 5.46. The van der Waals surface area contributed by atoms with Crippen molar-refractivity contribution in [2.75, 3.05) is 28.4 Å². The van der Waals surface area contributed by atoms with Gasteiger partial charge in [0, 0.05) is 32.3 Å². The highest BCUT2D eigenvalue weighted by Crippen LogP contribution is 2.30. The first-order valence-electron chi connectivity index (χ1n) is 5.60. The average molecular weight is 256 g/mol. The van der Waals surface area contributed by atoms with Gasteiger partial charge in [-0.1, -0.05) is 0 Å². The molecule has 5 heteroatoms. The molecule has 1 aromatic rings. The molecule has 102 valence electrons. The lowest BCUT2D eigenvalue weighted by Crippen LogP contribution is -2.17. The molecule has 1 N–H and O–H groups in total. The number of methoxy groups -OCH3 is 4. The summed E-state index contributed by atoms with van der Waals surface area (Å²) < 4.78 is 20.8. The fraction of sp³-hybridized carbons (Fsp3) is 0.538. The van der Waals surface area contributed by atoms with Gasteiger partial charge in [0.15, 0.2) is 6.29 Å². The number of ether oxygens (including phenoxy) is 4. The van der Waals surface area contributed by atoms with Gasteiger partial charge in [0.25, 0.3) is 0 Å². The summed E-state index contributed by atoms with van der Waals surface area (Å²) in [7, 11) is 6.29. The van der Waals surface area contributed by atoms with Crippen molar-refractivity contribution >= 4 is 0 Å². The summed E-state index contributed by atoms with van der Waals surface area (Å²) in [5.41, 5.74) is 1.60. The summed E-state index contributed by atoms with van der Waals surface area (Å²) in [6.45, 7) is -0.108. The molecule has 1 rings (SSSR count). The summed E-state index contributed by atoms with van der Waals surface area (Å²) in [4.78, 5) is 0. The lowest BCUT2D eigenvalue weighted by atomic mass is 10.0. The van der Waals surface area contributed by atoms with E-state index in [0.717, 1.165) is 11.1 Å². The molecule has 0 unspecified atom stereocenters. The normalized spacial score (nSPS) is 10.8. The highest BCUT2D eigenvalue weighted by atomic mass is 16.7. The lowest BCUT2D eigenvalue weighted by molar-refractivity contribution is -0.100. The second-order valence-corrected chi connectivity index (χ2v) is 3.73. The quantitative estimate of drug-likeness (QED) is 0.746. The Morgan fingerprint density at radius 2 is 1.72 bits per heavy atom. The van der Waals surface area contributed by atoms with Gasteiger partial charge in [-0.2, -0.15) is 0 Å². The standard InChI is InChI=1S/C13H20O5/c1-15-10-5-9(6-13(17-3)18-4)11(8-14)12(7-10)16-2/h5,7,13-14H,6,8H2,1-4H3. The van der Waals surface area contributed by atoms with Crippen LogP contribution in [-0.4, -0.2) is 39.8 Å². The van der Waals surface area contributed by atoms with Gasteiger partial charge < -0.3 is 24.1 Å². The molecule has 1 aromatic carbocycles. The van der Waals surface area contributed by atoms with Crippen molar-refractivity contribution in [2.45, 2.75) is 19.3 Å². The minimum absolute atomic E-state index is 0.108. The monoisotopic (exact) mass is 256 g/mol. The fourth-order valence-electron chi connectivity index (χ4n) is 1.78. The van der Waals surface area contributed by atoms with Crippen molar-refractivity contribution in [1.82, 2.24) is 0 Å². The topological polar surface area (TPSA) is 57.2 Å². The Labute approximate surface area is 107 Å². The lowest BCUT2D eigenvalue weighted by Gasteiger charge is -2.18. The van der Waals surface area contributed by atoms with E-state index in [4.69, 9.17) is 18.9 Å². The molecule has 0 saturated heterocycles. The molecule has 0 aliphatic carbocycles. The van der Waals surface area contributed by atoms with Crippen molar-refractivity contribution in [3.8, 4) is 11.5 Å². The number of aliphatic hydroxyl groups excluding tert-OH is 1. The van der Waals surface area contributed by atoms with Crippen LogP contribution in [0.2, 0.25) is 0 Å². The van der Waals surface area contributed by atoms with Gasteiger partial charge in [-0.15, -0.1) is 0 Å². The van der Waals surface area contributed by atoms with Gasteiger partial charge in [0.2, 0.25) is 0 Å². The zero-order valence-electron chi connectivity index (χ0n) is 11.2. The SMILES string of the molecule is COc1cc(CC(OC)OC)c(CO)c(OC)c1. The molecule has 0 bridgehead atoms. The second kappa shape index (κ2) is 7.20. The van der Waals surface area contributed by atoms with Gasteiger partial charge in [-0.05, 0) is 11.6 Å². The minimum Gasteiger partial charge on any atom is -0.497 e. The van der Waals surface area contributed by atoms with Crippen LogP contribution in [0, 0.1) is 0 Å². The molecule has 18 heavy (non-hydrogen) atoms. The van der Waals surface area contributed by atoms with Crippen LogP contribution in [0.15, 0.2) is 12.1 Å². The van der Waals surface area contributed by atoms with E-state index in [1.807, 2.05) is 6.07 Å². The molecular weight excluding hydrogens is 236 g/mol. The summed E-state index contributed by atoms with van der Waals surface area (Å²) in [6, 6.07) is 3.59. The number of rotatable bonds is 7. The summed E-state index contributed by atoms with van der Waals surface area (Å²) >= 11 is 0. The summed E-state index contributed by atoms with van der Waals surface area (Å²) in [6.07, 6.45) is 0.142. The van der Waals surface area contributed by atoms with Gasteiger partial charge in [-0.25, -0.2) is 0 Å². The maximum atomic E-state index is 9.45. The molecule has 0 atom stereocenters. The molecule has 0 radical (unpaired) electrons. The van der Waals surface area contributed by atoms with E-state index in [0.29, 0.717) is 17.9 Å². The van der Waals surface area contributed by atoms with E-state index in [-0.39, 0.29) is 12.9 Å². The first kappa shape index (κ1) is 14.8. The number of hydrogen-bond donors (Lipinski definition) is 1. The van der Waals surface area contributed by atoms with E-state index in [1.165, 1.54) is 0 Å². The Morgan fingerprint density at radius 3 is 2.17 bits per heavy atom. The van der Waals surface area contributed by atoms with E-state index in [1.54, 1.807) is 34.5 Å². The van der Waals surface area contributed by atoms with Crippen molar-refractivity contribution in [2.24, 2.45) is 0 Å². The zero-order chi connectivity index (χ0) is 13.5. The fourth-order valence-corrected chi connectivity index (χ4v) is 1.78. The third-order valence-corrected chi connectivity index (χ3v) is 2.80. The van der Waals surface area contributed by atoms with Crippen molar-refractivity contribution in [3.05, 3.63) is 23.3 Å². The molecule has 0 heterocycles. The third-order valence-electron chi connectivity index (χ3n) is 2.80. The average Bonchev–Trinajstić information content (AvgIpc) is 2.43. The highest BCUT2D eigenvalue weighted by Gasteiger charge is 2.15. The smallest absolute Gasteiger partial charge is 0.160 e. The van der Waals surface area contributed by atoms with Crippen LogP contribution in [-0.2, 0) is 22.5 Å². The van der Waals surface area contributed by atoms with Crippen LogP contribution in [0.5, 0.6) is 11.5 Å². The van der Waals surface area contributed by atoms with Crippen LogP contribution in [0.1, 0.15) is 11.1 Å². The van der Waals surface area contributed by atoms with E-state index >= 15 is 0 Å². The van der Waals surface area contributed by atoms with Crippen LogP contribution in [0.3, 0.4) is 0 Å². The van der Waals surface area contributed by atoms with Gasteiger partial charge in [0.1, 0.15) is 11.5 Å². The first-order valence-corrected chi connectivity index (χ1v) is 5.60. The van der Waals surface area contributed by atoms with Crippen LogP contribution < -0.4 is 9.47 Å². The molecule has 0 aliphatic rings. The number of hydrogen-bond acceptors (Lipinski definition) is 5. The Hall–Kier alpha value is -1.30. The molecule has 0 saturated carbocycles. The van der Waals surface area contributed by atoms with Crippen LogP contribution in [0.25, 0.3) is 0 Å². The number of benzene rings is 1. The first-order chi connectivity index (χ1) is 8.69. The molecule has 0 spiro atoms. The zero-order valence-corrected chi connectivity index (χ0v) is 11.2. The largest absolute Gasteiger partial charge is 0.497 e. The summed E-state index contributed by atoms with van der Waals surface area (Å²) in [5, 5.41) is 9.45. The Kier molecular flexibility index (Phi) is 5.91. The summed E-state index contributed by atoms with van der Waals surface area (Å²) in [5.74, 6) is 1.27. The van der Waals surface area contributed by atoms with E-state index < -0.39 is 0 Å². The molecule has 0 fully saturated rings. The van der Waals surface area contributed by atoms with Crippen LogP contribution in [0.4, 0.5) is 0 Å².